The molecule has 0 radical (unpaired) electrons. The maximum atomic E-state index is 11.8. The van der Waals surface area contributed by atoms with Crippen molar-refractivity contribution < 1.29 is 9.59 Å². The molecule has 0 saturated carbocycles. The van der Waals surface area contributed by atoms with Crippen molar-refractivity contribution in [2.75, 3.05) is 18.4 Å². The van der Waals surface area contributed by atoms with Gasteiger partial charge in [-0.25, -0.2) is 9.97 Å². The zero-order chi connectivity index (χ0) is 17.1. The van der Waals surface area contributed by atoms with Gasteiger partial charge in [-0.3, -0.25) is 14.9 Å². The van der Waals surface area contributed by atoms with E-state index < -0.39 is 6.04 Å². The van der Waals surface area contributed by atoms with Crippen LogP contribution in [0.25, 0.3) is 0 Å². The van der Waals surface area contributed by atoms with Crippen molar-refractivity contribution in [3.8, 4) is 0 Å². The van der Waals surface area contributed by atoms with Crippen LogP contribution < -0.4 is 10.6 Å². The van der Waals surface area contributed by atoms with Gasteiger partial charge in [0, 0.05) is 24.9 Å². The molecule has 2 N–H and O–H groups in total. The number of carbonyl (C=O) groups excluding carboxylic acids is 2. The second-order valence-electron chi connectivity index (χ2n) is 6.89. The molecule has 3 rings (SSSR count). The Morgan fingerprint density at radius 1 is 1.17 bits per heavy atom. The highest BCUT2D eigenvalue weighted by Gasteiger charge is 2.27. The number of anilines is 1. The molecule has 2 amide bonds. The van der Waals surface area contributed by atoms with Gasteiger partial charge in [0.05, 0.1) is 0 Å². The van der Waals surface area contributed by atoms with Crippen LogP contribution in [-0.2, 0) is 9.59 Å². The molecule has 0 aliphatic carbocycles. The molecule has 7 heteroatoms. The fourth-order valence-electron chi connectivity index (χ4n) is 3.36. The van der Waals surface area contributed by atoms with Crippen LogP contribution in [0.3, 0.4) is 0 Å². The maximum absolute atomic E-state index is 11.8. The Morgan fingerprint density at radius 3 is 2.42 bits per heavy atom. The third-order valence-corrected chi connectivity index (χ3v) is 4.95. The molecule has 2 saturated heterocycles. The highest BCUT2D eigenvalue weighted by atomic mass is 16.2. The van der Waals surface area contributed by atoms with E-state index in [-0.39, 0.29) is 11.8 Å². The summed E-state index contributed by atoms with van der Waals surface area (Å²) in [6, 6.07) is 0.158. The van der Waals surface area contributed by atoms with Gasteiger partial charge < -0.3 is 10.2 Å². The summed E-state index contributed by atoms with van der Waals surface area (Å²) in [7, 11) is 0. The first-order valence-corrected chi connectivity index (χ1v) is 8.69. The van der Waals surface area contributed by atoms with E-state index in [9.17, 15) is 9.59 Å². The van der Waals surface area contributed by atoms with Crippen LogP contribution in [0, 0.1) is 0 Å². The summed E-state index contributed by atoms with van der Waals surface area (Å²) in [6.45, 7) is 6.69. The Hall–Kier alpha value is -2.02. The van der Waals surface area contributed by atoms with Gasteiger partial charge in [-0.1, -0.05) is 0 Å². The third kappa shape index (κ3) is 3.90. The van der Waals surface area contributed by atoms with Crippen LogP contribution in [0.4, 0.5) is 5.95 Å². The van der Waals surface area contributed by atoms with Crippen molar-refractivity contribution in [2.45, 2.75) is 57.5 Å². The zero-order valence-corrected chi connectivity index (χ0v) is 14.3. The Kier molecular flexibility index (Phi) is 5.08. The number of piperidine rings is 2. The van der Waals surface area contributed by atoms with Crippen LogP contribution in [-0.4, -0.2) is 51.9 Å². The molecule has 2 fully saturated rings. The van der Waals surface area contributed by atoms with E-state index in [1.165, 1.54) is 0 Å². The fourth-order valence-corrected chi connectivity index (χ4v) is 3.36. The molecule has 1 unspecified atom stereocenters. The number of imide groups is 1. The molecule has 1 aromatic rings. The molecule has 0 bridgehead atoms. The Balaban J connectivity index is 1.56. The summed E-state index contributed by atoms with van der Waals surface area (Å²) in [6.07, 6.45) is 6.79. The van der Waals surface area contributed by atoms with E-state index in [0.29, 0.717) is 30.7 Å². The molecular weight excluding hydrogens is 306 g/mol. The number of nitrogens with zero attached hydrogens (tertiary/aromatic N) is 3. The number of hydrogen-bond acceptors (Lipinski definition) is 6. The maximum Gasteiger partial charge on any atom is 0.249 e. The summed E-state index contributed by atoms with van der Waals surface area (Å²) >= 11 is 0. The smallest absolute Gasteiger partial charge is 0.249 e. The van der Waals surface area contributed by atoms with Gasteiger partial charge in [0.1, 0.15) is 6.04 Å². The summed E-state index contributed by atoms with van der Waals surface area (Å²) < 4.78 is 0. The highest BCUT2D eigenvalue weighted by Crippen LogP contribution is 2.28. The summed E-state index contributed by atoms with van der Waals surface area (Å²) in [5.74, 6) is 0.416. The van der Waals surface area contributed by atoms with Crippen LogP contribution in [0.15, 0.2) is 12.4 Å². The predicted octanol–water partition coefficient (Wildman–Crippen LogP) is 1.28. The Morgan fingerprint density at radius 2 is 1.83 bits per heavy atom. The van der Waals surface area contributed by atoms with Crippen LogP contribution in [0.2, 0.25) is 0 Å². The van der Waals surface area contributed by atoms with Crippen molar-refractivity contribution in [1.82, 2.24) is 20.2 Å². The van der Waals surface area contributed by atoms with E-state index >= 15 is 0 Å². The number of rotatable bonds is 4. The van der Waals surface area contributed by atoms with Gasteiger partial charge in [-0.2, -0.15) is 0 Å². The number of aromatic nitrogens is 2. The number of amides is 2. The molecule has 2 aliphatic rings. The third-order valence-electron chi connectivity index (χ3n) is 4.95. The van der Waals surface area contributed by atoms with Gasteiger partial charge >= 0.3 is 0 Å². The minimum Gasteiger partial charge on any atom is -0.342 e. The predicted molar refractivity (Wildman–Crippen MR) is 90.5 cm³/mol. The van der Waals surface area contributed by atoms with Crippen molar-refractivity contribution >= 4 is 17.8 Å². The van der Waals surface area contributed by atoms with Crippen molar-refractivity contribution in [1.29, 1.82) is 0 Å². The minimum atomic E-state index is -0.442. The second-order valence-corrected chi connectivity index (χ2v) is 6.89. The van der Waals surface area contributed by atoms with Crippen LogP contribution in [0.5, 0.6) is 0 Å². The van der Waals surface area contributed by atoms with Gasteiger partial charge in [0.25, 0.3) is 0 Å². The molecule has 2 aliphatic heterocycles. The Labute approximate surface area is 142 Å². The monoisotopic (exact) mass is 331 g/mol. The summed E-state index contributed by atoms with van der Waals surface area (Å²) in [5.41, 5.74) is 1.16. The van der Waals surface area contributed by atoms with Gasteiger partial charge in [0.2, 0.25) is 17.8 Å². The van der Waals surface area contributed by atoms with E-state index in [0.717, 1.165) is 31.5 Å². The molecule has 0 aromatic carbocycles. The quantitative estimate of drug-likeness (QED) is 0.808. The lowest BCUT2D eigenvalue weighted by molar-refractivity contribution is -0.133. The lowest BCUT2D eigenvalue weighted by Crippen LogP contribution is -2.47. The average Bonchev–Trinajstić information content (AvgIpc) is 2.58. The van der Waals surface area contributed by atoms with Crippen LogP contribution in [0.1, 0.15) is 51.0 Å². The number of hydrogen-bond donors (Lipinski definition) is 2. The largest absolute Gasteiger partial charge is 0.342 e. The highest BCUT2D eigenvalue weighted by molar-refractivity contribution is 6.01. The number of likely N-dealkylation sites (tertiary alicyclic amines) is 1. The lowest BCUT2D eigenvalue weighted by atomic mass is 9.91. The summed E-state index contributed by atoms with van der Waals surface area (Å²) in [4.78, 5) is 34.1. The molecular formula is C17H25N5O2. The second kappa shape index (κ2) is 7.25. The van der Waals surface area contributed by atoms with Gasteiger partial charge in [-0.05, 0) is 57.7 Å². The van der Waals surface area contributed by atoms with E-state index in [4.69, 9.17) is 0 Å². The van der Waals surface area contributed by atoms with E-state index in [1.54, 1.807) is 0 Å². The first-order valence-electron chi connectivity index (χ1n) is 8.69. The van der Waals surface area contributed by atoms with E-state index in [1.807, 2.05) is 12.4 Å². The van der Waals surface area contributed by atoms with Gasteiger partial charge in [-0.15, -0.1) is 0 Å². The average molecular weight is 331 g/mol. The molecule has 3 heterocycles. The number of carbonyl (C=O) groups is 2. The standard InChI is InChI=1S/C17H25N5O2/c1-11(2)22-7-5-12(6-8-22)13-9-18-17(19-10-13)20-14-3-4-15(23)21-16(14)24/h9-12,14H,3-8H2,1-2H3,(H,18,19,20)(H,21,23,24). The van der Waals surface area contributed by atoms with Gasteiger partial charge in [0.15, 0.2) is 0 Å². The minimum absolute atomic E-state index is 0.220. The normalized spacial score (nSPS) is 23.4. The van der Waals surface area contributed by atoms with E-state index in [2.05, 4.69) is 39.3 Å². The topological polar surface area (TPSA) is 87.2 Å². The fraction of sp³-hybridized carbons (Fsp3) is 0.647. The molecule has 130 valence electrons. The van der Waals surface area contributed by atoms with Crippen molar-refractivity contribution in [3.05, 3.63) is 18.0 Å². The first-order chi connectivity index (χ1) is 11.5. The zero-order valence-electron chi connectivity index (χ0n) is 14.3. The SMILES string of the molecule is CC(C)N1CCC(c2cnc(NC3CCC(=O)NC3=O)nc2)CC1. The number of nitrogens with one attached hydrogen (secondary N) is 2. The Bertz CT molecular complexity index is 594. The molecule has 24 heavy (non-hydrogen) atoms. The molecule has 1 aromatic heterocycles. The molecule has 7 nitrogen and oxygen atoms in total. The van der Waals surface area contributed by atoms with Crippen molar-refractivity contribution in [2.24, 2.45) is 0 Å². The first kappa shape index (κ1) is 16.8. The molecule has 0 spiro atoms. The van der Waals surface area contributed by atoms with Crippen LogP contribution >= 0.6 is 0 Å². The lowest BCUT2D eigenvalue weighted by Gasteiger charge is -2.34. The van der Waals surface area contributed by atoms with Crippen molar-refractivity contribution in [3.63, 3.8) is 0 Å². The summed E-state index contributed by atoms with van der Waals surface area (Å²) in [5, 5.41) is 5.33. The molecule has 1 atom stereocenters.